The van der Waals surface area contributed by atoms with Crippen LogP contribution in [0.15, 0.2) is 36.4 Å². The van der Waals surface area contributed by atoms with E-state index in [1.54, 1.807) is 13.2 Å². The van der Waals surface area contributed by atoms with E-state index in [0.29, 0.717) is 24.5 Å². The van der Waals surface area contributed by atoms with Crippen molar-refractivity contribution < 1.29 is 19.4 Å². The number of aliphatic hydroxyl groups is 1. The Hall–Kier alpha value is -1.65. The molecule has 1 aromatic carbocycles. The smallest absolute Gasteiger partial charge is 0.188 e. The largest absolute Gasteiger partial charge is 0.467 e. The first-order valence-corrected chi connectivity index (χ1v) is 7.78. The van der Waals surface area contributed by atoms with Crippen molar-refractivity contribution in [3.63, 3.8) is 0 Å². The molecule has 0 amide bonds. The van der Waals surface area contributed by atoms with Crippen LogP contribution in [0.3, 0.4) is 0 Å². The van der Waals surface area contributed by atoms with Crippen LogP contribution >= 0.6 is 0 Å². The molecule has 1 aliphatic carbocycles. The molecule has 0 saturated heterocycles. The second-order valence-corrected chi connectivity index (χ2v) is 5.70. The van der Waals surface area contributed by atoms with E-state index in [-0.39, 0.29) is 12.6 Å². The Kier molecular flexibility index (Phi) is 6.62. The van der Waals surface area contributed by atoms with Crippen molar-refractivity contribution in [1.29, 1.82) is 0 Å². The van der Waals surface area contributed by atoms with Crippen LogP contribution in [0, 0.1) is 5.92 Å². The van der Waals surface area contributed by atoms with E-state index in [1.165, 1.54) is 0 Å². The SMILES string of the molecule is COCOc1ccccc1C(O)CC1CC=CC(=O)CCC1. The molecule has 2 atom stereocenters. The lowest BCUT2D eigenvalue weighted by Crippen LogP contribution is -2.11. The van der Waals surface area contributed by atoms with Crippen molar-refractivity contribution >= 4 is 5.78 Å². The van der Waals surface area contributed by atoms with Crippen molar-refractivity contribution in [2.45, 2.75) is 38.2 Å². The van der Waals surface area contributed by atoms with E-state index in [4.69, 9.17) is 9.47 Å². The molecular formula is C18H24O4. The third-order valence-electron chi connectivity index (χ3n) is 3.98. The summed E-state index contributed by atoms with van der Waals surface area (Å²) >= 11 is 0. The van der Waals surface area contributed by atoms with Crippen LogP contribution in [0.25, 0.3) is 0 Å². The first-order chi connectivity index (χ1) is 10.7. The maximum Gasteiger partial charge on any atom is 0.188 e. The van der Waals surface area contributed by atoms with Gasteiger partial charge in [-0.05, 0) is 43.7 Å². The number of hydrogen-bond donors (Lipinski definition) is 1. The van der Waals surface area contributed by atoms with E-state index in [1.807, 2.05) is 30.3 Å². The van der Waals surface area contributed by atoms with Crippen molar-refractivity contribution in [3.05, 3.63) is 42.0 Å². The van der Waals surface area contributed by atoms with Gasteiger partial charge in [0.2, 0.25) is 0 Å². The van der Waals surface area contributed by atoms with Gasteiger partial charge in [0.1, 0.15) is 5.75 Å². The molecule has 1 aromatic rings. The minimum atomic E-state index is -0.568. The molecule has 0 fully saturated rings. The van der Waals surface area contributed by atoms with Gasteiger partial charge in [-0.1, -0.05) is 24.3 Å². The number of carbonyl (C=O) groups is 1. The minimum Gasteiger partial charge on any atom is -0.467 e. The number of para-hydroxylation sites is 1. The van der Waals surface area contributed by atoms with Gasteiger partial charge in [-0.3, -0.25) is 4.79 Å². The fraction of sp³-hybridized carbons (Fsp3) is 0.500. The molecule has 120 valence electrons. The summed E-state index contributed by atoms with van der Waals surface area (Å²) in [4.78, 5) is 11.4. The Morgan fingerprint density at radius 1 is 1.36 bits per heavy atom. The topological polar surface area (TPSA) is 55.8 Å². The zero-order valence-electron chi connectivity index (χ0n) is 13.0. The lowest BCUT2D eigenvalue weighted by Gasteiger charge is -2.22. The highest BCUT2D eigenvalue weighted by atomic mass is 16.7. The Morgan fingerprint density at radius 3 is 3.00 bits per heavy atom. The van der Waals surface area contributed by atoms with Gasteiger partial charge >= 0.3 is 0 Å². The highest BCUT2D eigenvalue weighted by Gasteiger charge is 2.19. The fourth-order valence-electron chi connectivity index (χ4n) is 2.82. The summed E-state index contributed by atoms with van der Waals surface area (Å²) in [6.45, 7) is 0.165. The number of ketones is 1. The summed E-state index contributed by atoms with van der Waals surface area (Å²) in [5.41, 5.74) is 0.793. The maximum absolute atomic E-state index is 11.4. The van der Waals surface area contributed by atoms with Crippen LogP contribution < -0.4 is 4.74 Å². The quantitative estimate of drug-likeness (QED) is 0.818. The monoisotopic (exact) mass is 304 g/mol. The second kappa shape index (κ2) is 8.71. The number of ether oxygens (including phenoxy) is 2. The predicted octanol–water partition coefficient (Wildman–Crippen LogP) is 3.41. The molecule has 4 heteroatoms. The number of benzene rings is 1. The second-order valence-electron chi connectivity index (χ2n) is 5.70. The van der Waals surface area contributed by atoms with Gasteiger partial charge in [0, 0.05) is 19.1 Å². The van der Waals surface area contributed by atoms with Crippen LogP contribution in [-0.2, 0) is 9.53 Å². The van der Waals surface area contributed by atoms with E-state index >= 15 is 0 Å². The average molecular weight is 304 g/mol. The van der Waals surface area contributed by atoms with Crippen molar-refractivity contribution in [3.8, 4) is 5.75 Å². The molecule has 0 radical (unpaired) electrons. The van der Waals surface area contributed by atoms with Crippen LogP contribution in [0.1, 0.15) is 43.8 Å². The van der Waals surface area contributed by atoms with E-state index in [2.05, 4.69) is 0 Å². The Morgan fingerprint density at radius 2 is 2.18 bits per heavy atom. The first-order valence-electron chi connectivity index (χ1n) is 7.78. The van der Waals surface area contributed by atoms with Crippen molar-refractivity contribution in [2.24, 2.45) is 5.92 Å². The number of rotatable bonds is 6. The number of aliphatic hydroxyl groups excluding tert-OH is 1. The molecule has 22 heavy (non-hydrogen) atoms. The zero-order valence-corrected chi connectivity index (χ0v) is 13.0. The number of allylic oxidation sites excluding steroid dienone is 2. The third-order valence-corrected chi connectivity index (χ3v) is 3.98. The molecular weight excluding hydrogens is 280 g/mol. The Labute approximate surface area is 131 Å². The van der Waals surface area contributed by atoms with Gasteiger partial charge in [-0.2, -0.15) is 0 Å². The normalized spacial score (nSPS) is 20.3. The summed E-state index contributed by atoms with van der Waals surface area (Å²) in [5, 5.41) is 10.6. The van der Waals surface area contributed by atoms with Gasteiger partial charge in [0.15, 0.2) is 12.6 Å². The van der Waals surface area contributed by atoms with Gasteiger partial charge in [-0.25, -0.2) is 0 Å². The minimum absolute atomic E-state index is 0.165. The van der Waals surface area contributed by atoms with E-state index in [0.717, 1.165) is 24.8 Å². The number of hydrogen-bond acceptors (Lipinski definition) is 4. The predicted molar refractivity (Wildman–Crippen MR) is 84.6 cm³/mol. The molecule has 0 heterocycles. The summed E-state index contributed by atoms with van der Waals surface area (Å²) in [5.74, 6) is 1.25. The van der Waals surface area contributed by atoms with Gasteiger partial charge in [0.05, 0.1) is 6.10 Å². The average Bonchev–Trinajstić information content (AvgIpc) is 2.50. The van der Waals surface area contributed by atoms with Gasteiger partial charge in [-0.15, -0.1) is 0 Å². The molecule has 2 unspecified atom stereocenters. The highest BCUT2D eigenvalue weighted by molar-refractivity contribution is 5.89. The Bertz CT molecular complexity index is 510. The Balaban J connectivity index is 2.00. The molecule has 0 spiro atoms. The van der Waals surface area contributed by atoms with Crippen LogP contribution in [0.2, 0.25) is 0 Å². The van der Waals surface area contributed by atoms with Crippen LogP contribution in [0.4, 0.5) is 0 Å². The van der Waals surface area contributed by atoms with Crippen LogP contribution in [-0.4, -0.2) is 24.8 Å². The molecule has 0 bridgehead atoms. The van der Waals surface area contributed by atoms with Crippen molar-refractivity contribution in [1.82, 2.24) is 0 Å². The highest BCUT2D eigenvalue weighted by Crippen LogP contribution is 2.32. The lowest BCUT2D eigenvalue weighted by atomic mass is 9.88. The lowest BCUT2D eigenvalue weighted by molar-refractivity contribution is -0.114. The molecule has 0 saturated carbocycles. The molecule has 4 nitrogen and oxygen atoms in total. The third kappa shape index (κ3) is 4.97. The molecule has 0 aliphatic heterocycles. The summed E-state index contributed by atoms with van der Waals surface area (Å²) < 4.78 is 10.4. The molecule has 1 aliphatic rings. The van der Waals surface area contributed by atoms with Crippen LogP contribution in [0.5, 0.6) is 5.75 Å². The summed E-state index contributed by atoms with van der Waals surface area (Å²) in [6.07, 6.45) is 7.02. The van der Waals surface area contributed by atoms with Gasteiger partial charge < -0.3 is 14.6 Å². The summed E-state index contributed by atoms with van der Waals surface area (Å²) in [7, 11) is 1.57. The molecule has 1 N–H and O–H groups in total. The van der Waals surface area contributed by atoms with Crippen molar-refractivity contribution in [2.75, 3.05) is 13.9 Å². The molecule has 2 rings (SSSR count). The fourth-order valence-corrected chi connectivity index (χ4v) is 2.82. The molecule has 0 aromatic heterocycles. The van der Waals surface area contributed by atoms with E-state index < -0.39 is 6.10 Å². The maximum atomic E-state index is 11.4. The van der Waals surface area contributed by atoms with Gasteiger partial charge in [0.25, 0.3) is 0 Å². The number of carbonyl (C=O) groups excluding carboxylic acids is 1. The zero-order chi connectivity index (χ0) is 15.8. The standard InChI is InChI=1S/C18H24O4/c1-21-13-22-18-11-3-2-10-16(18)17(20)12-14-6-4-8-15(19)9-5-7-14/h2-4,8,10-11,14,17,20H,5-7,9,12-13H2,1H3. The first kappa shape index (κ1) is 16.7. The summed E-state index contributed by atoms with van der Waals surface area (Å²) in [6, 6.07) is 7.51. The van der Waals surface area contributed by atoms with E-state index in [9.17, 15) is 9.90 Å². The number of methoxy groups -OCH3 is 1.